The van der Waals surface area contributed by atoms with Crippen molar-refractivity contribution in [3.8, 4) is 33.8 Å². The first kappa shape index (κ1) is 27.8. The van der Waals surface area contributed by atoms with Crippen LogP contribution in [0.5, 0.6) is 11.5 Å². The van der Waals surface area contributed by atoms with Crippen molar-refractivity contribution in [2.24, 2.45) is 11.8 Å². The van der Waals surface area contributed by atoms with Gasteiger partial charge in [0.05, 0.1) is 13.2 Å². The molecule has 2 unspecified atom stereocenters. The average Bonchev–Trinajstić information content (AvgIpc) is 2.94. The summed E-state index contributed by atoms with van der Waals surface area (Å²) in [6.45, 7) is 10.6. The highest BCUT2D eigenvalue weighted by molar-refractivity contribution is 5.73. The molecule has 0 aromatic heterocycles. The molecule has 3 rings (SSSR count). The average molecular weight is 486 g/mol. The first-order valence-electron chi connectivity index (χ1n) is 14.1. The van der Waals surface area contributed by atoms with Gasteiger partial charge < -0.3 is 9.47 Å². The van der Waals surface area contributed by atoms with Crippen LogP contribution in [0, 0.1) is 17.9 Å². The maximum absolute atomic E-state index is 6.09. The Balaban J connectivity index is 1.60. The summed E-state index contributed by atoms with van der Waals surface area (Å²) in [5.74, 6) is 3.18. The summed E-state index contributed by atoms with van der Waals surface area (Å²) < 4.78 is 12.2. The predicted molar refractivity (Wildman–Crippen MR) is 154 cm³/mol. The molecule has 0 heterocycles. The molecule has 193 valence electrons. The van der Waals surface area contributed by atoms with Crippen LogP contribution in [-0.2, 0) is 0 Å². The molecular weight excluding hydrogens is 440 g/mol. The van der Waals surface area contributed by atoms with Gasteiger partial charge in [0.2, 0.25) is 0 Å². The van der Waals surface area contributed by atoms with Gasteiger partial charge in [-0.1, -0.05) is 90.5 Å². The Bertz CT molecular complexity index is 912. The van der Waals surface area contributed by atoms with Crippen LogP contribution in [0.2, 0.25) is 0 Å². The quantitative estimate of drug-likeness (QED) is 0.201. The van der Waals surface area contributed by atoms with Crippen LogP contribution in [-0.4, -0.2) is 13.2 Å². The second kappa shape index (κ2) is 15.4. The highest BCUT2D eigenvalue weighted by Gasteiger charge is 2.09. The van der Waals surface area contributed by atoms with Crippen LogP contribution in [0.4, 0.5) is 0 Å². The van der Waals surface area contributed by atoms with Gasteiger partial charge in [-0.05, 0) is 95.5 Å². The molecule has 1 radical (unpaired) electrons. The van der Waals surface area contributed by atoms with Crippen molar-refractivity contribution in [1.29, 1.82) is 0 Å². The van der Waals surface area contributed by atoms with E-state index in [1.807, 2.05) is 0 Å². The normalized spacial score (nSPS) is 12.8. The highest BCUT2D eigenvalue weighted by Crippen LogP contribution is 2.29. The van der Waals surface area contributed by atoms with Gasteiger partial charge in [-0.15, -0.1) is 0 Å². The van der Waals surface area contributed by atoms with Gasteiger partial charge in [-0.25, -0.2) is 0 Å². The Morgan fingerprint density at radius 1 is 0.583 bits per heavy atom. The van der Waals surface area contributed by atoms with Gasteiger partial charge >= 0.3 is 0 Å². The first-order valence-corrected chi connectivity index (χ1v) is 14.1. The van der Waals surface area contributed by atoms with Crippen molar-refractivity contribution in [2.45, 2.75) is 79.1 Å². The number of rotatable bonds is 16. The molecule has 0 saturated carbocycles. The van der Waals surface area contributed by atoms with Crippen LogP contribution in [0.15, 0.2) is 66.7 Å². The Labute approximate surface area is 220 Å². The lowest BCUT2D eigenvalue weighted by atomic mass is 9.99. The molecule has 2 heteroatoms. The van der Waals surface area contributed by atoms with E-state index in [1.165, 1.54) is 62.5 Å². The summed E-state index contributed by atoms with van der Waals surface area (Å²) >= 11 is 0. The van der Waals surface area contributed by atoms with Crippen molar-refractivity contribution in [3.63, 3.8) is 0 Å². The van der Waals surface area contributed by atoms with Crippen LogP contribution >= 0.6 is 0 Å². The molecule has 36 heavy (non-hydrogen) atoms. The number of hydrogen-bond donors (Lipinski definition) is 0. The van der Waals surface area contributed by atoms with Gasteiger partial charge in [-0.3, -0.25) is 0 Å². The van der Waals surface area contributed by atoms with Gasteiger partial charge in [0.25, 0.3) is 0 Å². The lowest BCUT2D eigenvalue weighted by Gasteiger charge is -2.16. The summed E-state index contributed by atoms with van der Waals surface area (Å²) in [4.78, 5) is 0. The van der Waals surface area contributed by atoms with Crippen molar-refractivity contribution in [1.82, 2.24) is 0 Å². The van der Waals surface area contributed by atoms with Gasteiger partial charge in [-0.2, -0.15) is 0 Å². The molecule has 0 saturated heterocycles. The first-order chi connectivity index (χ1) is 17.7. The summed E-state index contributed by atoms with van der Waals surface area (Å²) in [6, 6.07) is 26.6. The second-order valence-electron chi connectivity index (χ2n) is 10.0. The van der Waals surface area contributed by atoms with Gasteiger partial charge in [0.15, 0.2) is 0 Å². The second-order valence-corrected chi connectivity index (χ2v) is 10.0. The minimum Gasteiger partial charge on any atom is -0.493 e. The maximum atomic E-state index is 6.09. The van der Waals surface area contributed by atoms with Crippen LogP contribution in [0.3, 0.4) is 0 Å². The fourth-order valence-electron chi connectivity index (χ4n) is 4.52. The van der Waals surface area contributed by atoms with E-state index in [2.05, 4.69) is 100 Å². The molecule has 0 bridgehead atoms. The van der Waals surface area contributed by atoms with E-state index >= 15 is 0 Å². The van der Waals surface area contributed by atoms with E-state index in [9.17, 15) is 0 Å². The molecule has 2 atom stereocenters. The Morgan fingerprint density at radius 2 is 1.00 bits per heavy atom. The van der Waals surface area contributed by atoms with Gasteiger partial charge in [0, 0.05) is 0 Å². The van der Waals surface area contributed by atoms with Crippen LogP contribution in [0.1, 0.15) is 79.1 Å². The fraction of sp³-hybridized carbons (Fsp3) is 0.471. The topological polar surface area (TPSA) is 18.5 Å². The van der Waals surface area contributed by atoms with E-state index in [-0.39, 0.29) is 0 Å². The summed E-state index contributed by atoms with van der Waals surface area (Å²) in [5, 5.41) is 0. The molecule has 0 amide bonds. The number of benzene rings is 3. The van der Waals surface area contributed by atoms with Crippen molar-refractivity contribution in [3.05, 3.63) is 72.8 Å². The Kier molecular flexibility index (Phi) is 11.9. The number of hydrogen-bond acceptors (Lipinski definition) is 2. The Hall–Kier alpha value is -2.74. The molecule has 0 aliphatic heterocycles. The molecule has 0 spiro atoms. The molecular formula is C34H45O2. The highest BCUT2D eigenvalue weighted by atomic mass is 16.5. The number of unbranched alkanes of at least 4 members (excludes halogenated alkanes) is 2. The molecule has 0 fully saturated rings. The van der Waals surface area contributed by atoms with E-state index in [0.29, 0.717) is 11.8 Å². The minimum absolute atomic E-state index is 0.641. The molecule has 3 aromatic rings. The Morgan fingerprint density at radius 3 is 1.36 bits per heavy atom. The van der Waals surface area contributed by atoms with E-state index < -0.39 is 0 Å². The molecule has 0 aliphatic rings. The van der Waals surface area contributed by atoms with Crippen LogP contribution < -0.4 is 9.47 Å². The summed E-state index contributed by atoms with van der Waals surface area (Å²) in [6.07, 6.45) is 9.90. The molecule has 2 nitrogen and oxygen atoms in total. The smallest absolute Gasteiger partial charge is 0.119 e. The van der Waals surface area contributed by atoms with E-state index in [4.69, 9.17) is 9.47 Å². The third kappa shape index (κ3) is 8.73. The predicted octanol–water partition coefficient (Wildman–Crippen LogP) is 10.0. The maximum Gasteiger partial charge on any atom is 0.119 e. The van der Waals surface area contributed by atoms with Crippen molar-refractivity contribution in [2.75, 3.05) is 13.2 Å². The largest absolute Gasteiger partial charge is 0.493 e. The number of ether oxygens (including phenoxy) is 2. The lowest BCUT2D eigenvalue weighted by Crippen LogP contribution is -2.11. The SMILES string of the molecule is CCCCC(CC)COc1ccc(-c2c[c]cc(-c3ccc(OCC(CC)CCCC)cc3)c2)cc1. The van der Waals surface area contributed by atoms with E-state index in [0.717, 1.165) is 35.8 Å². The fourth-order valence-corrected chi connectivity index (χ4v) is 4.52. The zero-order valence-electron chi connectivity index (χ0n) is 22.9. The monoisotopic (exact) mass is 485 g/mol. The molecule has 0 N–H and O–H groups in total. The van der Waals surface area contributed by atoms with E-state index in [1.54, 1.807) is 0 Å². The molecule has 3 aromatic carbocycles. The van der Waals surface area contributed by atoms with Gasteiger partial charge in [0.1, 0.15) is 11.5 Å². The zero-order chi connectivity index (χ0) is 25.6. The third-order valence-corrected chi connectivity index (χ3v) is 7.22. The van der Waals surface area contributed by atoms with Crippen molar-refractivity contribution >= 4 is 0 Å². The lowest BCUT2D eigenvalue weighted by molar-refractivity contribution is 0.233. The van der Waals surface area contributed by atoms with Crippen LogP contribution in [0.25, 0.3) is 22.3 Å². The van der Waals surface area contributed by atoms with Crippen molar-refractivity contribution < 1.29 is 9.47 Å². The zero-order valence-corrected chi connectivity index (χ0v) is 22.9. The minimum atomic E-state index is 0.641. The third-order valence-electron chi connectivity index (χ3n) is 7.22. The summed E-state index contributed by atoms with van der Waals surface area (Å²) in [5.41, 5.74) is 4.68. The summed E-state index contributed by atoms with van der Waals surface area (Å²) in [7, 11) is 0. The standard InChI is InChI=1S/C34H45O2/c1-5-9-12-27(7-3)25-35-33-20-16-29(17-21-33)31-14-11-15-32(24-31)30-18-22-34(23-19-30)36-26-28(8-4)13-10-6-2/h14-24,27-28H,5-10,12-13,25-26H2,1-4H3. The molecule has 0 aliphatic carbocycles.